The number of halogens is 1. The summed E-state index contributed by atoms with van der Waals surface area (Å²) < 4.78 is 5.14. The van der Waals surface area contributed by atoms with E-state index < -0.39 is 0 Å². The molecule has 0 bridgehead atoms. The molecule has 0 atom stereocenters. The van der Waals surface area contributed by atoms with Gasteiger partial charge in [0.1, 0.15) is 10.6 Å². The van der Waals surface area contributed by atoms with Crippen LogP contribution in [0.15, 0.2) is 11.4 Å². The van der Waals surface area contributed by atoms with Crippen LogP contribution in [0.1, 0.15) is 36.4 Å². The number of methoxy groups -OCH3 is 1. The fraction of sp³-hybridized carbons (Fsp3) is 0.615. The van der Waals surface area contributed by atoms with Gasteiger partial charge in [-0.15, -0.1) is 22.9 Å². The Morgan fingerprint density at radius 3 is 2.89 bits per heavy atom. The summed E-state index contributed by atoms with van der Waals surface area (Å²) in [4.78, 5) is 12.6. The average molecular weight is 290 g/mol. The lowest BCUT2D eigenvalue weighted by Gasteiger charge is -2.24. The molecule has 1 aromatic heterocycles. The number of hydrogen-bond donors (Lipinski definition) is 1. The highest BCUT2D eigenvalue weighted by atomic mass is 35.5. The van der Waals surface area contributed by atoms with E-state index in [9.17, 15) is 4.79 Å². The predicted octanol–water partition coefficient (Wildman–Crippen LogP) is 3.53. The first-order chi connectivity index (χ1) is 8.50. The van der Waals surface area contributed by atoms with Gasteiger partial charge in [-0.05, 0) is 29.7 Å². The van der Waals surface area contributed by atoms with Crippen molar-refractivity contribution in [3.63, 3.8) is 0 Å². The van der Waals surface area contributed by atoms with Crippen molar-refractivity contribution < 1.29 is 9.53 Å². The maximum Gasteiger partial charge on any atom is 0.265 e. The van der Waals surface area contributed by atoms with E-state index in [2.05, 4.69) is 19.2 Å². The van der Waals surface area contributed by atoms with E-state index >= 15 is 0 Å². The molecule has 1 aromatic rings. The number of alkyl halides is 1. The van der Waals surface area contributed by atoms with Crippen LogP contribution in [0.5, 0.6) is 5.75 Å². The Hall–Kier alpha value is -0.740. The highest BCUT2D eigenvalue weighted by Gasteiger charge is 2.20. The van der Waals surface area contributed by atoms with Crippen molar-refractivity contribution in [3.8, 4) is 5.75 Å². The lowest BCUT2D eigenvalue weighted by molar-refractivity contribution is 0.0936. The van der Waals surface area contributed by atoms with Crippen LogP contribution < -0.4 is 10.1 Å². The minimum atomic E-state index is -0.0687. The number of thiophene rings is 1. The van der Waals surface area contributed by atoms with Gasteiger partial charge in [0.05, 0.1) is 7.11 Å². The van der Waals surface area contributed by atoms with Gasteiger partial charge in [-0.2, -0.15) is 0 Å². The van der Waals surface area contributed by atoms with Crippen molar-refractivity contribution >= 4 is 28.8 Å². The number of carbonyl (C=O) groups is 1. The van der Waals surface area contributed by atoms with Crippen LogP contribution in [-0.4, -0.2) is 25.4 Å². The van der Waals surface area contributed by atoms with Crippen molar-refractivity contribution in [2.75, 3.05) is 19.5 Å². The molecule has 0 saturated carbocycles. The zero-order valence-electron chi connectivity index (χ0n) is 11.1. The molecule has 1 amide bonds. The molecule has 3 nitrogen and oxygen atoms in total. The topological polar surface area (TPSA) is 38.3 Å². The third-order valence-electron chi connectivity index (χ3n) is 2.77. The van der Waals surface area contributed by atoms with Gasteiger partial charge in [-0.1, -0.05) is 13.8 Å². The van der Waals surface area contributed by atoms with Crippen LogP contribution in [0.4, 0.5) is 0 Å². The van der Waals surface area contributed by atoms with Crippen molar-refractivity contribution in [1.29, 1.82) is 0 Å². The third-order valence-corrected chi connectivity index (χ3v) is 3.93. The predicted molar refractivity (Wildman–Crippen MR) is 76.9 cm³/mol. The van der Waals surface area contributed by atoms with Crippen LogP contribution in [-0.2, 0) is 0 Å². The van der Waals surface area contributed by atoms with E-state index in [1.165, 1.54) is 11.3 Å². The van der Waals surface area contributed by atoms with Gasteiger partial charge in [-0.25, -0.2) is 0 Å². The van der Waals surface area contributed by atoms with E-state index in [0.717, 1.165) is 12.8 Å². The van der Waals surface area contributed by atoms with Crippen molar-refractivity contribution in [2.24, 2.45) is 5.41 Å². The summed E-state index contributed by atoms with van der Waals surface area (Å²) >= 11 is 7.08. The molecule has 1 heterocycles. The van der Waals surface area contributed by atoms with Crippen LogP contribution in [0.3, 0.4) is 0 Å². The number of amides is 1. The van der Waals surface area contributed by atoms with Crippen LogP contribution in [0.25, 0.3) is 0 Å². The Labute approximate surface area is 117 Å². The summed E-state index contributed by atoms with van der Waals surface area (Å²) in [6, 6.07) is 1.80. The second kappa shape index (κ2) is 7.00. The average Bonchev–Trinajstić information content (AvgIpc) is 2.82. The minimum Gasteiger partial charge on any atom is -0.495 e. The summed E-state index contributed by atoms with van der Waals surface area (Å²) in [5.74, 6) is 1.23. The second-order valence-electron chi connectivity index (χ2n) is 4.96. The highest BCUT2D eigenvalue weighted by molar-refractivity contribution is 7.12. The summed E-state index contributed by atoms with van der Waals surface area (Å²) in [5, 5.41) is 4.81. The lowest BCUT2D eigenvalue weighted by atomic mass is 9.88. The molecule has 1 N–H and O–H groups in total. The Morgan fingerprint density at radius 2 is 2.28 bits per heavy atom. The van der Waals surface area contributed by atoms with Crippen molar-refractivity contribution in [3.05, 3.63) is 16.3 Å². The molecule has 1 rings (SSSR count). The van der Waals surface area contributed by atoms with E-state index in [-0.39, 0.29) is 11.3 Å². The van der Waals surface area contributed by atoms with Gasteiger partial charge in [0.15, 0.2) is 0 Å². The quantitative estimate of drug-likeness (QED) is 0.780. The Morgan fingerprint density at radius 1 is 1.56 bits per heavy atom. The molecule has 0 aromatic carbocycles. The van der Waals surface area contributed by atoms with Crippen LogP contribution >= 0.6 is 22.9 Å². The third kappa shape index (κ3) is 4.50. The van der Waals surface area contributed by atoms with Crippen LogP contribution in [0.2, 0.25) is 0 Å². The highest BCUT2D eigenvalue weighted by Crippen LogP contribution is 2.25. The molecule has 0 spiro atoms. The zero-order valence-corrected chi connectivity index (χ0v) is 12.7. The van der Waals surface area contributed by atoms with Gasteiger partial charge >= 0.3 is 0 Å². The number of ether oxygens (including phenoxy) is 1. The normalized spacial score (nSPS) is 11.3. The summed E-state index contributed by atoms with van der Waals surface area (Å²) in [5.41, 5.74) is 0.0645. The number of rotatable bonds is 7. The van der Waals surface area contributed by atoms with Crippen LogP contribution in [0, 0.1) is 5.41 Å². The minimum absolute atomic E-state index is 0.0645. The molecular weight excluding hydrogens is 270 g/mol. The Bertz CT molecular complexity index is 390. The Balaban J connectivity index is 2.51. The number of hydrogen-bond acceptors (Lipinski definition) is 3. The van der Waals surface area contributed by atoms with Crippen molar-refractivity contribution in [1.82, 2.24) is 5.32 Å². The maximum atomic E-state index is 12.0. The second-order valence-corrected chi connectivity index (χ2v) is 6.25. The first-order valence-corrected chi connectivity index (χ1v) is 7.37. The van der Waals surface area contributed by atoms with Gasteiger partial charge in [-0.3, -0.25) is 4.79 Å². The smallest absolute Gasteiger partial charge is 0.265 e. The van der Waals surface area contributed by atoms with Gasteiger partial charge < -0.3 is 10.1 Å². The molecule has 0 aliphatic carbocycles. The summed E-state index contributed by atoms with van der Waals surface area (Å²) in [7, 11) is 1.57. The molecule has 0 saturated heterocycles. The van der Waals surface area contributed by atoms with E-state index in [4.69, 9.17) is 16.3 Å². The first kappa shape index (κ1) is 15.3. The molecule has 0 aliphatic rings. The van der Waals surface area contributed by atoms with E-state index in [1.807, 2.05) is 5.38 Å². The van der Waals surface area contributed by atoms with E-state index in [0.29, 0.717) is 23.1 Å². The SMILES string of the molecule is COc1ccsc1C(=O)NCC(C)(C)CCCCl. The molecule has 0 radical (unpaired) electrons. The molecular formula is C13H20ClNO2S. The lowest BCUT2D eigenvalue weighted by Crippen LogP contribution is -2.33. The largest absolute Gasteiger partial charge is 0.495 e. The number of nitrogens with one attached hydrogen (secondary N) is 1. The standard InChI is InChI=1S/C13H20ClNO2S/c1-13(2,6-4-7-14)9-15-12(16)11-10(17-3)5-8-18-11/h5,8H,4,6-7,9H2,1-3H3,(H,15,16). The molecule has 0 aliphatic heterocycles. The van der Waals surface area contributed by atoms with Gasteiger partial charge in [0.25, 0.3) is 5.91 Å². The van der Waals surface area contributed by atoms with Crippen molar-refractivity contribution in [2.45, 2.75) is 26.7 Å². The molecule has 0 unspecified atom stereocenters. The summed E-state index contributed by atoms with van der Waals surface area (Å²) in [6.07, 6.45) is 1.96. The fourth-order valence-corrected chi connectivity index (χ4v) is 2.57. The van der Waals surface area contributed by atoms with Gasteiger partial charge in [0, 0.05) is 12.4 Å². The molecule has 0 fully saturated rings. The maximum absolute atomic E-state index is 12.0. The first-order valence-electron chi connectivity index (χ1n) is 5.96. The molecule has 18 heavy (non-hydrogen) atoms. The molecule has 5 heteroatoms. The fourth-order valence-electron chi connectivity index (χ4n) is 1.66. The van der Waals surface area contributed by atoms with E-state index in [1.54, 1.807) is 13.2 Å². The Kier molecular flexibility index (Phi) is 5.96. The monoisotopic (exact) mass is 289 g/mol. The summed E-state index contributed by atoms with van der Waals surface area (Å²) in [6.45, 7) is 4.90. The number of carbonyl (C=O) groups excluding carboxylic acids is 1. The van der Waals surface area contributed by atoms with Gasteiger partial charge in [0.2, 0.25) is 0 Å². The zero-order chi connectivity index (χ0) is 13.6. The molecule has 102 valence electrons.